The summed E-state index contributed by atoms with van der Waals surface area (Å²) in [5.41, 5.74) is 12.1. The van der Waals surface area contributed by atoms with Gasteiger partial charge >= 0.3 is 0 Å². The number of likely N-dealkylation sites (tertiary alicyclic amines) is 1. The van der Waals surface area contributed by atoms with Gasteiger partial charge in [-0.1, -0.05) is 0 Å². The number of ether oxygens (including phenoxy) is 1. The predicted molar refractivity (Wildman–Crippen MR) is 79.8 cm³/mol. The smallest absolute Gasteiger partial charge is 0.256 e. The maximum atomic E-state index is 12.7. The first-order valence-corrected chi connectivity index (χ1v) is 6.97. The Bertz CT molecular complexity index is 559. The topological polar surface area (TPSA) is 98.6 Å². The predicted octanol–water partition coefficient (Wildman–Crippen LogP) is 1.00. The molecule has 0 spiro atoms. The summed E-state index contributed by atoms with van der Waals surface area (Å²) < 4.78 is 5.08. The first kappa shape index (κ1) is 15.2. The second kappa shape index (κ2) is 6.03. The zero-order valence-corrected chi connectivity index (χ0v) is 12.3. The van der Waals surface area contributed by atoms with E-state index in [0.29, 0.717) is 23.5 Å². The van der Waals surface area contributed by atoms with Gasteiger partial charge in [-0.05, 0) is 31.9 Å². The van der Waals surface area contributed by atoms with Crippen molar-refractivity contribution in [3.05, 3.63) is 23.8 Å². The monoisotopic (exact) mass is 291 g/mol. The van der Waals surface area contributed by atoms with E-state index in [1.807, 2.05) is 6.92 Å². The van der Waals surface area contributed by atoms with Crippen molar-refractivity contribution in [3.8, 4) is 5.75 Å². The molecule has 1 aliphatic heterocycles. The molecule has 1 aliphatic rings. The van der Waals surface area contributed by atoms with Crippen LogP contribution >= 0.6 is 0 Å². The third kappa shape index (κ3) is 3.09. The molecule has 1 saturated heterocycles. The van der Waals surface area contributed by atoms with Gasteiger partial charge in [-0.2, -0.15) is 0 Å². The molecule has 0 bridgehead atoms. The SMILES string of the molecule is COc1ccc(C(=O)N2CC(C(N)=O)CCC2C)c(N)c1. The van der Waals surface area contributed by atoms with Crippen LogP contribution in [0.25, 0.3) is 0 Å². The Morgan fingerprint density at radius 3 is 2.62 bits per heavy atom. The number of piperidine rings is 1. The second-order valence-corrected chi connectivity index (χ2v) is 5.44. The molecule has 6 heteroatoms. The summed E-state index contributed by atoms with van der Waals surface area (Å²) in [5, 5.41) is 0. The highest BCUT2D eigenvalue weighted by Crippen LogP contribution is 2.26. The third-order valence-electron chi connectivity index (χ3n) is 4.03. The highest BCUT2D eigenvalue weighted by molar-refractivity contribution is 5.99. The average molecular weight is 291 g/mol. The fourth-order valence-electron chi connectivity index (χ4n) is 2.64. The summed E-state index contributed by atoms with van der Waals surface area (Å²) in [6, 6.07) is 5.03. The molecule has 2 rings (SSSR count). The van der Waals surface area contributed by atoms with Crippen molar-refractivity contribution in [2.45, 2.75) is 25.8 Å². The molecule has 1 heterocycles. The van der Waals surface area contributed by atoms with Gasteiger partial charge in [0.05, 0.1) is 18.6 Å². The Hall–Kier alpha value is -2.24. The van der Waals surface area contributed by atoms with Gasteiger partial charge in [0, 0.05) is 24.3 Å². The van der Waals surface area contributed by atoms with E-state index in [0.717, 1.165) is 12.8 Å². The molecule has 0 saturated carbocycles. The average Bonchev–Trinajstić information content (AvgIpc) is 2.46. The maximum absolute atomic E-state index is 12.7. The summed E-state index contributed by atoms with van der Waals surface area (Å²) in [4.78, 5) is 25.7. The number of carbonyl (C=O) groups excluding carboxylic acids is 2. The van der Waals surface area contributed by atoms with Crippen molar-refractivity contribution in [2.24, 2.45) is 11.7 Å². The standard InChI is InChI=1S/C15H21N3O3/c1-9-3-4-10(14(17)19)8-18(9)15(20)12-6-5-11(21-2)7-13(12)16/h5-7,9-10H,3-4,8,16H2,1-2H3,(H2,17,19). The number of primary amides is 1. The third-order valence-corrected chi connectivity index (χ3v) is 4.03. The fourth-order valence-corrected chi connectivity index (χ4v) is 2.64. The Balaban J connectivity index is 2.23. The van der Waals surface area contributed by atoms with Gasteiger partial charge < -0.3 is 21.1 Å². The van der Waals surface area contributed by atoms with E-state index in [2.05, 4.69) is 0 Å². The molecule has 6 nitrogen and oxygen atoms in total. The molecule has 2 atom stereocenters. The van der Waals surface area contributed by atoms with Crippen LogP contribution in [-0.2, 0) is 4.79 Å². The van der Waals surface area contributed by atoms with Crippen molar-refractivity contribution in [1.82, 2.24) is 4.90 Å². The van der Waals surface area contributed by atoms with Crippen molar-refractivity contribution >= 4 is 17.5 Å². The number of amides is 2. The van der Waals surface area contributed by atoms with Gasteiger partial charge in [0.1, 0.15) is 5.75 Å². The lowest BCUT2D eigenvalue weighted by atomic mass is 9.92. The molecule has 114 valence electrons. The lowest BCUT2D eigenvalue weighted by Gasteiger charge is -2.37. The fraction of sp³-hybridized carbons (Fsp3) is 0.467. The van der Waals surface area contributed by atoms with Gasteiger partial charge in [0.2, 0.25) is 5.91 Å². The molecule has 0 aliphatic carbocycles. The van der Waals surface area contributed by atoms with E-state index in [1.54, 1.807) is 30.2 Å². The van der Waals surface area contributed by atoms with Crippen LogP contribution in [0.3, 0.4) is 0 Å². The maximum Gasteiger partial charge on any atom is 0.256 e. The first-order valence-electron chi connectivity index (χ1n) is 6.97. The Morgan fingerprint density at radius 1 is 1.33 bits per heavy atom. The molecule has 1 aromatic carbocycles. The van der Waals surface area contributed by atoms with E-state index in [-0.39, 0.29) is 23.8 Å². The highest BCUT2D eigenvalue weighted by Gasteiger charge is 2.32. The number of carbonyl (C=O) groups is 2. The summed E-state index contributed by atoms with van der Waals surface area (Å²) in [6.45, 7) is 2.32. The van der Waals surface area contributed by atoms with Crippen LogP contribution in [0.4, 0.5) is 5.69 Å². The van der Waals surface area contributed by atoms with Crippen molar-refractivity contribution in [2.75, 3.05) is 19.4 Å². The molecule has 1 fully saturated rings. The molecule has 21 heavy (non-hydrogen) atoms. The van der Waals surface area contributed by atoms with Gasteiger partial charge in [-0.3, -0.25) is 9.59 Å². The molecule has 2 unspecified atom stereocenters. The van der Waals surface area contributed by atoms with Gasteiger partial charge in [0.15, 0.2) is 0 Å². The van der Waals surface area contributed by atoms with Crippen LogP contribution in [0.1, 0.15) is 30.1 Å². The number of methoxy groups -OCH3 is 1. The van der Waals surface area contributed by atoms with Crippen LogP contribution < -0.4 is 16.2 Å². The molecular weight excluding hydrogens is 270 g/mol. The molecule has 0 radical (unpaired) electrons. The second-order valence-electron chi connectivity index (χ2n) is 5.44. The number of benzene rings is 1. The van der Waals surface area contributed by atoms with Crippen molar-refractivity contribution in [1.29, 1.82) is 0 Å². The van der Waals surface area contributed by atoms with Crippen molar-refractivity contribution in [3.63, 3.8) is 0 Å². The van der Waals surface area contributed by atoms with Crippen LogP contribution in [0.2, 0.25) is 0 Å². The van der Waals surface area contributed by atoms with Crippen LogP contribution in [0.15, 0.2) is 18.2 Å². The molecular formula is C15H21N3O3. The lowest BCUT2D eigenvalue weighted by Crippen LogP contribution is -2.48. The molecule has 1 aromatic rings. The summed E-state index contributed by atoms with van der Waals surface area (Å²) in [7, 11) is 1.54. The minimum atomic E-state index is -0.359. The van der Waals surface area contributed by atoms with E-state index in [9.17, 15) is 9.59 Å². The summed E-state index contributed by atoms with van der Waals surface area (Å²) >= 11 is 0. The van der Waals surface area contributed by atoms with Crippen molar-refractivity contribution < 1.29 is 14.3 Å². The van der Waals surface area contributed by atoms with Gasteiger partial charge in [-0.15, -0.1) is 0 Å². The van der Waals surface area contributed by atoms with E-state index < -0.39 is 0 Å². The first-order chi connectivity index (χ1) is 9.93. The normalized spacial score (nSPS) is 21.9. The Kier molecular flexibility index (Phi) is 4.35. The summed E-state index contributed by atoms with van der Waals surface area (Å²) in [6.07, 6.45) is 1.48. The number of hydrogen-bond acceptors (Lipinski definition) is 4. The molecule has 0 aromatic heterocycles. The van der Waals surface area contributed by atoms with Gasteiger partial charge in [-0.25, -0.2) is 0 Å². The van der Waals surface area contributed by atoms with Crippen LogP contribution in [0.5, 0.6) is 5.75 Å². The number of hydrogen-bond donors (Lipinski definition) is 2. The number of nitrogens with zero attached hydrogens (tertiary/aromatic N) is 1. The van der Waals surface area contributed by atoms with Crippen LogP contribution in [0, 0.1) is 5.92 Å². The minimum absolute atomic E-state index is 0.0644. The van der Waals surface area contributed by atoms with Crippen LogP contribution in [-0.4, -0.2) is 36.4 Å². The van der Waals surface area contributed by atoms with E-state index in [4.69, 9.17) is 16.2 Å². The zero-order chi connectivity index (χ0) is 15.6. The zero-order valence-electron chi connectivity index (χ0n) is 12.3. The highest BCUT2D eigenvalue weighted by atomic mass is 16.5. The van der Waals surface area contributed by atoms with Gasteiger partial charge in [0.25, 0.3) is 5.91 Å². The quantitative estimate of drug-likeness (QED) is 0.812. The Morgan fingerprint density at radius 2 is 2.05 bits per heavy atom. The number of anilines is 1. The minimum Gasteiger partial charge on any atom is -0.497 e. The molecule has 4 N–H and O–H groups in total. The summed E-state index contributed by atoms with van der Waals surface area (Å²) in [5.74, 6) is -0.216. The van der Waals surface area contributed by atoms with E-state index in [1.165, 1.54) is 0 Å². The number of nitrogen functional groups attached to an aromatic ring is 1. The van der Waals surface area contributed by atoms with E-state index >= 15 is 0 Å². The Labute approximate surface area is 124 Å². The lowest BCUT2D eigenvalue weighted by molar-refractivity contribution is -0.123. The largest absolute Gasteiger partial charge is 0.497 e. The molecule has 2 amide bonds. The number of nitrogens with two attached hydrogens (primary N) is 2. The number of rotatable bonds is 3.